The molecule has 3 aromatic rings. The molecule has 0 radical (unpaired) electrons. The Kier molecular flexibility index (Phi) is 14.2. The second kappa shape index (κ2) is 15.2. The van der Waals surface area contributed by atoms with Crippen molar-refractivity contribution in [2.24, 2.45) is 5.92 Å². The van der Waals surface area contributed by atoms with Gasteiger partial charge >= 0.3 is 59.5 Å². The summed E-state index contributed by atoms with van der Waals surface area (Å²) in [6.07, 6.45) is 15.1. The predicted molar refractivity (Wildman–Crippen MR) is 171 cm³/mol. The number of fused-ring (bicyclic) bond motifs is 3. The third-order valence-corrected chi connectivity index (χ3v) is 11.0. The molecule has 3 aromatic carbocycles. The number of hydrogen-bond acceptors (Lipinski definition) is 0. The van der Waals surface area contributed by atoms with Crippen molar-refractivity contribution in [1.29, 1.82) is 0 Å². The van der Waals surface area contributed by atoms with Crippen LogP contribution in [0.4, 0.5) is 0 Å². The van der Waals surface area contributed by atoms with Crippen molar-refractivity contribution in [2.45, 2.75) is 111 Å². The molecule has 4 heteroatoms. The van der Waals surface area contributed by atoms with E-state index in [9.17, 15) is 0 Å². The van der Waals surface area contributed by atoms with Crippen LogP contribution in [0, 0.1) is 12.0 Å². The van der Waals surface area contributed by atoms with E-state index in [0.717, 1.165) is 0 Å². The number of benzene rings is 2. The molecule has 40 heavy (non-hydrogen) atoms. The van der Waals surface area contributed by atoms with E-state index in [4.69, 9.17) is 0 Å². The number of halogens is 2. The minimum atomic E-state index is -1.02. The van der Waals surface area contributed by atoms with Gasteiger partial charge < -0.3 is 24.8 Å². The van der Waals surface area contributed by atoms with Crippen LogP contribution >= 0.6 is 0 Å². The Balaban J connectivity index is 0.000000351. The van der Waals surface area contributed by atoms with E-state index in [1.807, 2.05) is 0 Å². The van der Waals surface area contributed by atoms with Gasteiger partial charge in [0.05, 0.1) is 0 Å². The zero-order valence-corrected chi connectivity index (χ0v) is 31.5. The summed E-state index contributed by atoms with van der Waals surface area (Å²) in [4.78, 5) is 0. The van der Waals surface area contributed by atoms with Crippen molar-refractivity contribution in [2.75, 3.05) is 0 Å². The van der Waals surface area contributed by atoms with Gasteiger partial charge in [-0.15, -0.1) is 39.7 Å². The number of rotatable bonds is 1. The second-order valence-electron chi connectivity index (χ2n) is 14.4. The van der Waals surface area contributed by atoms with Gasteiger partial charge in [-0.05, 0) is 18.9 Å². The molecule has 1 atom stereocenters. The summed E-state index contributed by atoms with van der Waals surface area (Å²) in [7, 11) is -1.02. The first-order chi connectivity index (χ1) is 17.6. The molecule has 0 nitrogen and oxygen atoms in total. The van der Waals surface area contributed by atoms with Crippen molar-refractivity contribution in [3.8, 4) is 0 Å². The molecule has 0 spiro atoms. The normalized spacial score (nSPS) is 17.2. The monoisotopic (exact) mass is 670 g/mol. The van der Waals surface area contributed by atoms with E-state index in [-0.39, 0.29) is 35.6 Å². The van der Waals surface area contributed by atoms with Crippen LogP contribution in [0.15, 0.2) is 59.8 Å². The molecular formula is C36H50Cl2SiZr-2. The first-order valence-corrected chi connectivity index (χ1v) is 19.3. The number of allylic oxidation sites excluding steroid dienone is 4. The van der Waals surface area contributed by atoms with E-state index in [1.54, 1.807) is 32.6 Å². The summed E-state index contributed by atoms with van der Waals surface area (Å²) in [6.45, 7) is 22.9. The SMILES string of the molecule is CC(C)(C)c1ccc2c(c1)[cH-]c1cc(C(C)(C)C)ccc12.CC1[C-]=CC([Si](C)(C)C)=C1.[Cl-].[Cl-].[Zr+2]=[C]1CCCCC1. The van der Waals surface area contributed by atoms with Gasteiger partial charge in [0.15, 0.2) is 0 Å². The van der Waals surface area contributed by atoms with Crippen molar-refractivity contribution in [1.82, 2.24) is 0 Å². The maximum atomic E-state index is 3.29. The Morgan fingerprint density at radius 2 is 1.23 bits per heavy atom. The maximum absolute atomic E-state index is 3.29. The van der Waals surface area contributed by atoms with E-state index in [1.165, 1.54) is 64.8 Å². The zero-order chi connectivity index (χ0) is 28.3. The molecule has 218 valence electrons. The van der Waals surface area contributed by atoms with Gasteiger partial charge in [-0.1, -0.05) is 109 Å². The summed E-state index contributed by atoms with van der Waals surface area (Å²) in [5.74, 6) is 0.557. The predicted octanol–water partition coefficient (Wildman–Crippen LogP) is 4.78. The Bertz CT molecular complexity index is 1250. The molecule has 0 aliphatic heterocycles. The van der Waals surface area contributed by atoms with Gasteiger partial charge in [0, 0.05) is 0 Å². The van der Waals surface area contributed by atoms with Crippen LogP contribution in [-0.2, 0) is 35.1 Å². The van der Waals surface area contributed by atoms with Crippen molar-refractivity contribution >= 4 is 32.8 Å². The third-order valence-electron chi connectivity index (χ3n) is 7.69. The first-order valence-electron chi connectivity index (χ1n) is 14.6. The molecule has 0 amide bonds. The summed E-state index contributed by atoms with van der Waals surface area (Å²) in [5.41, 5.74) is 3.21. The van der Waals surface area contributed by atoms with Gasteiger partial charge in [-0.2, -0.15) is 6.08 Å². The van der Waals surface area contributed by atoms with Gasteiger partial charge in [0.25, 0.3) is 0 Å². The molecule has 5 rings (SSSR count). The second-order valence-corrected chi connectivity index (χ2v) is 21.2. The molecule has 1 saturated carbocycles. The summed E-state index contributed by atoms with van der Waals surface area (Å²) in [6, 6.07) is 16.2. The van der Waals surface area contributed by atoms with Crippen LogP contribution in [0.5, 0.6) is 0 Å². The Morgan fingerprint density at radius 3 is 1.50 bits per heavy atom. The molecule has 0 saturated heterocycles. The average Bonchev–Trinajstić information content (AvgIpc) is 3.42. The van der Waals surface area contributed by atoms with Gasteiger partial charge in [-0.25, -0.2) is 11.3 Å². The van der Waals surface area contributed by atoms with E-state index in [0.29, 0.717) is 5.92 Å². The standard InChI is InChI=1S/C21H25.C9H15Si.C6H10.2ClH.Zr/c1-20(2,3)16-7-9-18-14(12-16)11-15-13-17(21(4,5)6)8-10-19(15)18;1-8-5-6-9(7-8)10(2,3)4;1-2-4-6-5-3-1;;;/h7-13H,1-6H3;6-8H,1-4H3;1-5H2;2*1H;/q2*-1;;;;+2/p-2. The number of hydrogen-bond donors (Lipinski definition) is 0. The van der Waals surface area contributed by atoms with E-state index >= 15 is 0 Å². The van der Waals surface area contributed by atoms with Crippen molar-refractivity contribution < 1.29 is 49.0 Å². The first kappa shape index (κ1) is 37.4. The molecule has 2 aliphatic rings. The molecule has 0 bridgehead atoms. The fourth-order valence-electron chi connectivity index (χ4n) is 4.99. The quantitative estimate of drug-likeness (QED) is 0.258. The summed E-state index contributed by atoms with van der Waals surface area (Å²) >= 11 is 1.69. The molecular weight excluding hydrogens is 623 g/mol. The Hall–Kier alpha value is -0.660. The molecule has 0 heterocycles. The topological polar surface area (TPSA) is 0 Å². The van der Waals surface area contributed by atoms with Gasteiger partial charge in [0.2, 0.25) is 0 Å². The molecule has 1 fully saturated rings. The van der Waals surface area contributed by atoms with Crippen LogP contribution < -0.4 is 24.8 Å². The van der Waals surface area contributed by atoms with Crippen LogP contribution in [0.3, 0.4) is 0 Å². The minimum absolute atomic E-state index is 0. The van der Waals surface area contributed by atoms with E-state index in [2.05, 4.69) is 129 Å². The molecule has 0 N–H and O–H groups in total. The van der Waals surface area contributed by atoms with Crippen molar-refractivity contribution in [3.05, 3.63) is 77.0 Å². The van der Waals surface area contributed by atoms with Gasteiger partial charge in [0.1, 0.15) is 0 Å². The molecule has 1 unspecified atom stereocenters. The fraction of sp³-hybridized carbons (Fsp3) is 0.500. The van der Waals surface area contributed by atoms with E-state index < -0.39 is 8.07 Å². The van der Waals surface area contributed by atoms with Crippen LogP contribution in [-0.4, -0.2) is 11.3 Å². The van der Waals surface area contributed by atoms with Crippen LogP contribution in [0.1, 0.15) is 91.7 Å². The van der Waals surface area contributed by atoms with Gasteiger partial charge in [-0.3, -0.25) is 6.08 Å². The summed E-state index contributed by atoms with van der Waals surface area (Å²) in [5, 5.41) is 7.03. The van der Waals surface area contributed by atoms with Crippen molar-refractivity contribution in [3.63, 3.8) is 0 Å². The summed E-state index contributed by atoms with van der Waals surface area (Å²) < 4.78 is 1.80. The molecule has 2 aliphatic carbocycles. The average molecular weight is 673 g/mol. The Labute approximate surface area is 274 Å². The Morgan fingerprint density at radius 1 is 0.775 bits per heavy atom. The zero-order valence-electron chi connectivity index (χ0n) is 26.6. The fourth-order valence-corrected chi connectivity index (χ4v) is 7.12. The van der Waals surface area contributed by atoms with Crippen LogP contribution in [0.25, 0.3) is 21.5 Å². The molecule has 0 aromatic heterocycles. The third kappa shape index (κ3) is 10.6. The van der Waals surface area contributed by atoms with Crippen LogP contribution in [0.2, 0.25) is 19.6 Å².